The van der Waals surface area contributed by atoms with Crippen molar-refractivity contribution in [1.82, 2.24) is 4.72 Å². The highest BCUT2D eigenvalue weighted by Crippen LogP contribution is 2.28. The van der Waals surface area contributed by atoms with Crippen molar-refractivity contribution in [2.24, 2.45) is 5.92 Å². The second kappa shape index (κ2) is 10.9. The van der Waals surface area contributed by atoms with E-state index >= 15 is 0 Å². The number of ether oxygens (including phenoxy) is 1. The number of unbranched alkanes of at least 4 members (excludes halogenated alkanes) is 1. The van der Waals surface area contributed by atoms with Gasteiger partial charge in [0.25, 0.3) is 6.43 Å². The number of rotatable bonds is 13. The van der Waals surface area contributed by atoms with Gasteiger partial charge < -0.3 is 9.84 Å². The molecule has 0 aliphatic heterocycles. The Bertz CT molecular complexity index is 667. The first-order valence-electron chi connectivity index (χ1n) is 9.29. The van der Waals surface area contributed by atoms with Crippen LogP contribution in [0.2, 0.25) is 0 Å². The SMILES string of the molecule is CC[C@@](O)(CNS(=O)(=O)CCCCC(C)C)c1cccc(OCC(F)F)c1. The molecule has 0 spiro atoms. The van der Waals surface area contributed by atoms with Crippen LogP contribution in [0.4, 0.5) is 8.78 Å². The Morgan fingerprint density at radius 2 is 1.96 bits per heavy atom. The van der Waals surface area contributed by atoms with Gasteiger partial charge in [0.1, 0.15) is 18.0 Å². The van der Waals surface area contributed by atoms with Crippen molar-refractivity contribution in [2.45, 2.75) is 58.5 Å². The maximum Gasteiger partial charge on any atom is 0.272 e. The zero-order chi connectivity index (χ0) is 20.5. The third-order valence-electron chi connectivity index (χ3n) is 4.36. The molecule has 0 aliphatic rings. The van der Waals surface area contributed by atoms with Gasteiger partial charge in [-0.3, -0.25) is 0 Å². The fourth-order valence-electron chi connectivity index (χ4n) is 2.61. The molecule has 1 aromatic rings. The summed E-state index contributed by atoms with van der Waals surface area (Å²) in [4.78, 5) is 0. The van der Waals surface area contributed by atoms with Crippen molar-refractivity contribution in [3.05, 3.63) is 29.8 Å². The van der Waals surface area contributed by atoms with Crippen LogP contribution in [-0.2, 0) is 15.6 Å². The molecule has 0 saturated heterocycles. The van der Waals surface area contributed by atoms with Gasteiger partial charge in [0.2, 0.25) is 10.0 Å². The Kier molecular flexibility index (Phi) is 9.62. The van der Waals surface area contributed by atoms with Crippen molar-refractivity contribution in [2.75, 3.05) is 18.9 Å². The predicted octanol–water partition coefficient (Wildman–Crippen LogP) is 3.67. The molecule has 1 atom stereocenters. The van der Waals surface area contributed by atoms with E-state index in [1.807, 2.05) is 0 Å². The van der Waals surface area contributed by atoms with Gasteiger partial charge in [0, 0.05) is 6.54 Å². The van der Waals surface area contributed by atoms with Gasteiger partial charge >= 0.3 is 0 Å². The molecule has 0 saturated carbocycles. The lowest BCUT2D eigenvalue weighted by molar-refractivity contribution is 0.0374. The zero-order valence-electron chi connectivity index (χ0n) is 16.2. The average Bonchev–Trinajstić information content (AvgIpc) is 2.62. The van der Waals surface area contributed by atoms with Crippen LogP contribution in [-0.4, -0.2) is 38.9 Å². The number of hydrogen-bond donors (Lipinski definition) is 2. The molecular formula is C19H31F2NO4S. The van der Waals surface area contributed by atoms with Crippen LogP contribution in [0.25, 0.3) is 0 Å². The summed E-state index contributed by atoms with van der Waals surface area (Å²) in [7, 11) is -3.50. The first-order chi connectivity index (χ1) is 12.6. The van der Waals surface area contributed by atoms with E-state index in [9.17, 15) is 22.3 Å². The van der Waals surface area contributed by atoms with Crippen molar-refractivity contribution in [3.8, 4) is 5.75 Å². The fraction of sp³-hybridized carbons (Fsp3) is 0.684. The van der Waals surface area contributed by atoms with E-state index in [1.54, 1.807) is 19.1 Å². The van der Waals surface area contributed by atoms with Gasteiger partial charge in [-0.15, -0.1) is 0 Å². The molecule has 27 heavy (non-hydrogen) atoms. The monoisotopic (exact) mass is 407 g/mol. The molecule has 156 valence electrons. The topological polar surface area (TPSA) is 75.6 Å². The molecule has 5 nitrogen and oxygen atoms in total. The highest BCUT2D eigenvalue weighted by molar-refractivity contribution is 7.89. The lowest BCUT2D eigenvalue weighted by atomic mass is 9.91. The van der Waals surface area contributed by atoms with Crippen LogP contribution < -0.4 is 9.46 Å². The number of benzene rings is 1. The third kappa shape index (κ3) is 8.99. The minimum absolute atomic E-state index is 0.0110. The number of hydrogen-bond acceptors (Lipinski definition) is 4. The van der Waals surface area contributed by atoms with Crippen molar-refractivity contribution < 1.29 is 27.0 Å². The zero-order valence-corrected chi connectivity index (χ0v) is 17.1. The molecule has 0 radical (unpaired) electrons. The number of nitrogens with one attached hydrogen (secondary N) is 1. The van der Waals surface area contributed by atoms with Crippen molar-refractivity contribution in [3.63, 3.8) is 0 Å². The number of alkyl halides is 2. The summed E-state index contributed by atoms with van der Waals surface area (Å²) in [6, 6.07) is 6.18. The molecule has 0 heterocycles. The van der Waals surface area contributed by atoms with Gasteiger partial charge in [0.15, 0.2) is 0 Å². The van der Waals surface area contributed by atoms with Crippen LogP contribution in [0.15, 0.2) is 24.3 Å². The Balaban J connectivity index is 2.71. The minimum Gasteiger partial charge on any atom is -0.488 e. The van der Waals surface area contributed by atoms with Gasteiger partial charge in [0.05, 0.1) is 5.75 Å². The van der Waals surface area contributed by atoms with E-state index < -0.39 is 28.7 Å². The van der Waals surface area contributed by atoms with Crippen LogP contribution in [0, 0.1) is 5.92 Å². The summed E-state index contributed by atoms with van der Waals surface area (Å²) in [5.74, 6) is 0.749. The van der Waals surface area contributed by atoms with Crippen LogP contribution in [0.1, 0.15) is 52.0 Å². The number of halogens is 2. The van der Waals surface area contributed by atoms with Crippen LogP contribution >= 0.6 is 0 Å². The van der Waals surface area contributed by atoms with E-state index in [2.05, 4.69) is 18.6 Å². The van der Waals surface area contributed by atoms with E-state index in [0.717, 1.165) is 12.8 Å². The molecule has 0 aromatic heterocycles. The second-order valence-electron chi connectivity index (χ2n) is 7.14. The molecular weight excluding hydrogens is 376 g/mol. The second-order valence-corrected chi connectivity index (χ2v) is 9.07. The largest absolute Gasteiger partial charge is 0.488 e. The fourth-order valence-corrected chi connectivity index (χ4v) is 3.80. The average molecular weight is 408 g/mol. The summed E-state index contributed by atoms with van der Waals surface area (Å²) >= 11 is 0. The summed E-state index contributed by atoms with van der Waals surface area (Å²) in [5.41, 5.74) is -1.03. The summed E-state index contributed by atoms with van der Waals surface area (Å²) in [6.45, 7) is 4.98. The standard InChI is InChI=1S/C19H31F2NO4S/c1-4-19(23,14-22-27(24,25)11-6-5-8-15(2)3)16-9-7-10-17(12-16)26-13-18(20)21/h7,9-10,12,15,18,22-23H,4-6,8,11,13-14H2,1-3H3/t19-/m1/s1. The highest BCUT2D eigenvalue weighted by atomic mass is 32.2. The lowest BCUT2D eigenvalue weighted by Gasteiger charge is -2.28. The molecule has 1 aromatic carbocycles. The third-order valence-corrected chi connectivity index (χ3v) is 5.77. The summed E-state index contributed by atoms with van der Waals surface area (Å²) in [6.07, 6.45) is 0.0251. The van der Waals surface area contributed by atoms with E-state index in [0.29, 0.717) is 17.9 Å². The first kappa shape index (κ1) is 23.8. The van der Waals surface area contributed by atoms with E-state index in [-0.39, 0.29) is 24.5 Å². The molecule has 2 N–H and O–H groups in total. The van der Waals surface area contributed by atoms with Gasteiger partial charge in [-0.25, -0.2) is 21.9 Å². The quantitative estimate of drug-likeness (QED) is 0.489. The Labute approximate surface area is 161 Å². The van der Waals surface area contributed by atoms with Crippen LogP contribution in [0.3, 0.4) is 0 Å². The highest BCUT2D eigenvalue weighted by Gasteiger charge is 2.29. The van der Waals surface area contributed by atoms with Gasteiger partial charge in [-0.1, -0.05) is 45.7 Å². The smallest absolute Gasteiger partial charge is 0.272 e. The van der Waals surface area contributed by atoms with Gasteiger partial charge in [-0.05, 0) is 36.5 Å². The molecule has 8 heteroatoms. The Morgan fingerprint density at radius 3 is 2.56 bits per heavy atom. The van der Waals surface area contributed by atoms with Gasteiger partial charge in [-0.2, -0.15) is 0 Å². The summed E-state index contributed by atoms with van der Waals surface area (Å²) < 4.78 is 56.4. The Morgan fingerprint density at radius 1 is 1.26 bits per heavy atom. The molecule has 0 aliphatic carbocycles. The van der Waals surface area contributed by atoms with E-state index in [1.165, 1.54) is 12.1 Å². The van der Waals surface area contributed by atoms with Crippen molar-refractivity contribution >= 4 is 10.0 Å². The maximum atomic E-state index is 12.3. The minimum atomic E-state index is -3.50. The molecule has 0 unspecified atom stereocenters. The van der Waals surface area contributed by atoms with Crippen molar-refractivity contribution in [1.29, 1.82) is 0 Å². The number of aliphatic hydroxyl groups is 1. The van der Waals surface area contributed by atoms with Crippen LogP contribution in [0.5, 0.6) is 5.75 Å². The first-order valence-corrected chi connectivity index (χ1v) is 10.9. The molecule has 1 rings (SSSR count). The normalized spacial score (nSPS) is 14.5. The molecule has 0 fully saturated rings. The summed E-state index contributed by atoms with van der Waals surface area (Å²) in [5, 5.41) is 10.9. The lowest BCUT2D eigenvalue weighted by Crippen LogP contribution is -2.41. The van der Waals surface area contributed by atoms with E-state index in [4.69, 9.17) is 4.74 Å². The predicted molar refractivity (Wildman–Crippen MR) is 103 cm³/mol. The maximum absolute atomic E-state index is 12.3. The Hall–Kier alpha value is -1.25. The number of sulfonamides is 1. The molecule has 0 bridgehead atoms. The molecule has 0 amide bonds.